The summed E-state index contributed by atoms with van der Waals surface area (Å²) in [5, 5.41) is 0.228. The molecule has 2 heterocycles. The Kier molecular flexibility index (Phi) is 2.71. The van der Waals surface area contributed by atoms with Crippen molar-refractivity contribution in [2.45, 2.75) is 6.42 Å². The van der Waals surface area contributed by atoms with Crippen LogP contribution in [0.4, 0.5) is 11.4 Å². The molecule has 0 spiro atoms. The Labute approximate surface area is 98.4 Å². The third-order valence-corrected chi connectivity index (χ3v) is 2.82. The molecule has 0 bridgehead atoms. The maximum Gasteiger partial charge on any atom is 0.228 e. The lowest BCUT2D eigenvalue weighted by Gasteiger charge is -2.18. The zero-order chi connectivity index (χ0) is 11.7. The average Bonchev–Trinajstić information content (AvgIpc) is 2.60. The van der Waals surface area contributed by atoms with Gasteiger partial charge >= 0.3 is 0 Å². The second-order valence-electron chi connectivity index (χ2n) is 3.61. The molecule has 1 unspecified atom stereocenters. The van der Waals surface area contributed by atoms with Gasteiger partial charge in [0.05, 0.1) is 5.69 Å². The standard InChI is InChI=1S/C11H10ClN3O/c1-2-7-5-9(16)15(6-7)10-8(13)3-4-14-11(10)12/h1,3-4,7H,5-6H2,(H2,13,14). The lowest BCUT2D eigenvalue weighted by Crippen LogP contribution is -2.26. The van der Waals surface area contributed by atoms with Crippen molar-refractivity contribution >= 4 is 28.9 Å². The summed E-state index contributed by atoms with van der Waals surface area (Å²) in [5.74, 6) is 2.42. The van der Waals surface area contributed by atoms with Gasteiger partial charge in [0.25, 0.3) is 0 Å². The molecule has 1 atom stereocenters. The number of nitrogens with zero attached hydrogens (tertiary/aromatic N) is 2. The average molecular weight is 236 g/mol. The molecule has 2 N–H and O–H groups in total. The molecule has 0 aromatic carbocycles. The van der Waals surface area contributed by atoms with E-state index >= 15 is 0 Å². The van der Waals surface area contributed by atoms with Crippen molar-refractivity contribution in [1.29, 1.82) is 0 Å². The number of pyridine rings is 1. The van der Waals surface area contributed by atoms with Crippen LogP contribution in [0.3, 0.4) is 0 Å². The van der Waals surface area contributed by atoms with Gasteiger partial charge in [-0.1, -0.05) is 11.6 Å². The molecule has 5 heteroatoms. The fourth-order valence-corrected chi connectivity index (χ4v) is 2.01. The fourth-order valence-electron chi connectivity index (χ4n) is 1.74. The number of halogens is 1. The first-order valence-corrected chi connectivity index (χ1v) is 5.17. The van der Waals surface area contributed by atoms with E-state index in [1.54, 1.807) is 6.07 Å². The summed E-state index contributed by atoms with van der Waals surface area (Å²) in [5.41, 5.74) is 6.68. The minimum Gasteiger partial charge on any atom is -0.397 e. The molecule has 1 aliphatic heterocycles. The Morgan fingerprint density at radius 1 is 1.69 bits per heavy atom. The largest absolute Gasteiger partial charge is 0.397 e. The smallest absolute Gasteiger partial charge is 0.228 e. The van der Waals surface area contributed by atoms with Gasteiger partial charge in [-0.3, -0.25) is 4.79 Å². The van der Waals surface area contributed by atoms with Gasteiger partial charge in [0.1, 0.15) is 5.69 Å². The van der Waals surface area contributed by atoms with Gasteiger partial charge in [0.2, 0.25) is 5.91 Å². The molecular formula is C11H10ClN3O. The van der Waals surface area contributed by atoms with Crippen LogP contribution >= 0.6 is 11.6 Å². The number of nitrogen functional groups attached to an aromatic ring is 1. The molecule has 0 saturated carbocycles. The van der Waals surface area contributed by atoms with E-state index in [4.69, 9.17) is 23.8 Å². The van der Waals surface area contributed by atoms with Gasteiger partial charge in [-0.2, -0.15) is 0 Å². The summed E-state index contributed by atoms with van der Waals surface area (Å²) in [7, 11) is 0. The first kappa shape index (κ1) is 10.8. The molecule has 82 valence electrons. The number of carbonyl (C=O) groups is 1. The van der Waals surface area contributed by atoms with Gasteiger partial charge < -0.3 is 10.6 Å². The summed E-state index contributed by atoms with van der Waals surface area (Å²) in [6.45, 7) is 0.449. The van der Waals surface area contributed by atoms with Gasteiger partial charge in [-0.05, 0) is 6.07 Å². The van der Waals surface area contributed by atoms with E-state index in [9.17, 15) is 4.79 Å². The summed E-state index contributed by atoms with van der Waals surface area (Å²) in [6, 6.07) is 1.61. The summed E-state index contributed by atoms with van der Waals surface area (Å²) >= 11 is 5.93. The highest BCUT2D eigenvalue weighted by Gasteiger charge is 2.31. The molecule has 0 radical (unpaired) electrons. The third kappa shape index (κ3) is 1.70. The van der Waals surface area contributed by atoms with Crippen molar-refractivity contribution in [3.63, 3.8) is 0 Å². The highest BCUT2D eigenvalue weighted by Crippen LogP contribution is 2.34. The van der Waals surface area contributed by atoms with Crippen molar-refractivity contribution in [2.24, 2.45) is 5.92 Å². The Balaban J connectivity index is 2.39. The van der Waals surface area contributed by atoms with Gasteiger partial charge in [0, 0.05) is 25.1 Å². The highest BCUT2D eigenvalue weighted by molar-refractivity contribution is 6.33. The number of terminal acetylenes is 1. The predicted molar refractivity (Wildman–Crippen MR) is 63.0 cm³/mol. The van der Waals surface area contributed by atoms with E-state index in [-0.39, 0.29) is 17.0 Å². The summed E-state index contributed by atoms with van der Waals surface area (Å²) in [4.78, 5) is 17.2. The van der Waals surface area contributed by atoms with Crippen molar-refractivity contribution in [3.8, 4) is 12.3 Å². The van der Waals surface area contributed by atoms with Crippen molar-refractivity contribution in [1.82, 2.24) is 4.98 Å². The monoisotopic (exact) mass is 235 g/mol. The molecule has 2 rings (SSSR count). The van der Waals surface area contributed by atoms with Crippen molar-refractivity contribution < 1.29 is 4.79 Å². The van der Waals surface area contributed by atoms with Crippen LogP contribution in [0.25, 0.3) is 0 Å². The summed E-state index contributed by atoms with van der Waals surface area (Å²) < 4.78 is 0. The molecule has 1 saturated heterocycles. The van der Waals surface area contributed by atoms with Crippen LogP contribution in [0.5, 0.6) is 0 Å². The van der Waals surface area contributed by atoms with E-state index in [0.29, 0.717) is 24.3 Å². The lowest BCUT2D eigenvalue weighted by atomic mass is 10.1. The van der Waals surface area contributed by atoms with Crippen LogP contribution < -0.4 is 10.6 Å². The van der Waals surface area contributed by atoms with Crippen molar-refractivity contribution in [3.05, 3.63) is 17.4 Å². The number of anilines is 2. The van der Waals surface area contributed by atoms with Crippen LogP contribution in [0.2, 0.25) is 5.15 Å². The van der Waals surface area contributed by atoms with E-state index < -0.39 is 0 Å². The first-order valence-electron chi connectivity index (χ1n) is 4.80. The Bertz CT molecular complexity index is 460. The number of hydrogen-bond acceptors (Lipinski definition) is 3. The van der Waals surface area contributed by atoms with Gasteiger partial charge in [-0.15, -0.1) is 12.3 Å². The maximum atomic E-state index is 11.7. The van der Waals surface area contributed by atoms with Crippen LogP contribution in [0.1, 0.15) is 6.42 Å². The Hall–Kier alpha value is -1.73. The van der Waals surface area contributed by atoms with Crippen molar-refractivity contribution in [2.75, 3.05) is 17.2 Å². The second kappa shape index (κ2) is 4.03. The molecule has 1 aromatic heterocycles. The molecule has 1 aromatic rings. The number of rotatable bonds is 1. The van der Waals surface area contributed by atoms with Crippen LogP contribution in [-0.4, -0.2) is 17.4 Å². The zero-order valence-electron chi connectivity index (χ0n) is 8.48. The Morgan fingerprint density at radius 3 is 3.00 bits per heavy atom. The number of nitrogens with two attached hydrogens (primary N) is 1. The number of amides is 1. The van der Waals surface area contributed by atoms with E-state index in [0.717, 1.165) is 0 Å². The zero-order valence-corrected chi connectivity index (χ0v) is 9.24. The van der Waals surface area contributed by atoms with Crippen LogP contribution in [0.15, 0.2) is 12.3 Å². The second-order valence-corrected chi connectivity index (χ2v) is 3.97. The molecule has 1 fully saturated rings. The van der Waals surface area contributed by atoms with Crippen LogP contribution in [-0.2, 0) is 4.79 Å². The molecule has 1 aliphatic rings. The predicted octanol–water partition coefficient (Wildman–Crippen LogP) is 1.30. The Morgan fingerprint density at radius 2 is 2.44 bits per heavy atom. The van der Waals surface area contributed by atoms with Crippen LogP contribution in [0, 0.1) is 18.3 Å². The first-order chi connectivity index (χ1) is 7.63. The molecular weight excluding hydrogens is 226 g/mol. The number of carbonyl (C=O) groups excluding carboxylic acids is 1. The van der Waals surface area contributed by atoms with E-state index in [1.165, 1.54) is 11.1 Å². The van der Waals surface area contributed by atoms with Gasteiger partial charge in [0.15, 0.2) is 5.15 Å². The SMILES string of the molecule is C#CC1CC(=O)N(c2c(N)ccnc2Cl)C1. The normalized spacial score (nSPS) is 19.9. The number of hydrogen-bond donors (Lipinski definition) is 1. The molecule has 4 nitrogen and oxygen atoms in total. The lowest BCUT2D eigenvalue weighted by molar-refractivity contribution is -0.117. The summed E-state index contributed by atoms with van der Waals surface area (Å²) in [6.07, 6.45) is 7.14. The minimum atomic E-state index is -0.0804. The third-order valence-electron chi connectivity index (χ3n) is 2.54. The topological polar surface area (TPSA) is 59.2 Å². The molecule has 1 amide bonds. The van der Waals surface area contributed by atoms with E-state index in [1.807, 2.05) is 0 Å². The quantitative estimate of drug-likeness (QED) is 0.590. The fraction of sp³-hybridized carbons (Fsp3) is 0.273. The maximum absolute atomic E-state index is 11.7. The highest BCUT2D eigenvalue weighted by atomic mass is 35.5. The molecule has 0 aliphatic carbocycles. The molecule has 16 heavy (non-hydrogen) atoms. The minimum absolute atomic E-state index is 0.0652. The van der Waals surface area contributed by atoms with Gasteiger partial charge in [-0.25, -0.2) is 4.98 Å². The van der Waals surface area contributed by atoms with E-state index in [2.05, 4.69) is 10.9 Å². The number of aromatic nitrogens is 1.